The minimum atomic E-state index is 0.656. The van der Waals surface area contributed by atoms with Crippen molar-refractivity contribution in [3.63, 3.8) is 0 Å². The van der Waals surface area contributed by atoms with E-state index in [4.69, 9.17) is 0 Å². The third-order valence-corrected chi connectivity index (χ3v) is 4.16. The SMILES string of the molecule is CCC1=C(C)CCN(Cc2ccccc2)C1CC. The summed E-state index contributed by atoms with van der Waals surface area (Å²) in [4.78, 5) is 2.65. The molecule has 1 aliphatic rings. The van der Waals surface area contributed by atoms with E-state index in [0.717, 1.165) is 6.54 Å². The van der Waals surface area contributed by atoms with Crippen molar-refractivity contribution in [3.8, 4) is 0 Å². The molecule has 0 amide bonds. The van der Waals surface area contributed by atoms with Gasteiger partial charge in [0.1, 0.15) is 0 Å². The average molecular weight is 243 g/mol. The zero-order chi connectivity index (χ0) is 13.0. The van der Waals surface area contributed by atoms with Gasteiger partial charge in [-0.1, -0.05) is 55.3 Å². The van der Waals surface area contributed by atoms with Gasteiger partial charge in [0.05, 0.1) is 0 Å². The van der Waals surface area contributed by atoms with Gasteiger partial charge in [0.15, 0.2) is 0 Å². The maximum Gasteiger partial charge on any atom is 0.0311 e. The Morgan fingerprint density at radius 2 is 1.89 bits per heavy atom. The van der Waals surface area contributed by atoms with Crippen molar-refractivity contribution in [1.82, 2.24) is 4.90 Å². The lowest BCUT2D eigenvalue weighted by Gasteiger charge is -2.38. The van der Waals surface area contributed by atoms with Crippen LogP contribution in [0.25, 0.3) is 0 Å². The second-order valence-corrected chi connectivity index (χ2v) is 5.29. The highest BCUT2D eigenvalue weighted by atomic mass is 15.2. The summed E-state index contributed by atoms with van der Waals surface area (Å²) in [6.45, 7) is 9.24. The van der Waals surface area contributed by atoms with Gasteiger partial charge < -0.3 is 0 Å². The Bertz CT molecular complexity index is 405. The molecule has 1 aliphatic heterocycles. The molecule has 0 aliphatic carbocycles. The van der Waals surface area contributed by atoms with E-state index in [0.29, 0.717) is 6.04 Å². The van der Waals surface area contributed by atoms with Gasteiger partial charge in [-0.25, -0.2) is 0 Å². The second-order valence-electron chi connectivity index (χ2n) is 5.29. The van der Waals surface area contributed by atoms with E-state index in [1.165, 1.54) is 31.4 Å². The van der Waals surface area contributed by atoms with Crippen molar-refractivity contribution < 1.29 is 0 Å². The van der Waals surface area contributed by atoms with Gasteiger partial charge in [0, 0.05) is 19.1 Å². The van der Waals surface area contributed by atoms with Crippen molar-refractivity contribution in [1.29, 1.82) is 0 Å². The monoisotopic (exact) mass is 243 g/mol. The molecule has 1 aromatic rings. The van der Waals surface area contributed by atoms with Crippen molar-refractivity contribution >= 4 is 0 Å². The largest absolute Gasteiger partial charge is 0.292 e. The van der Waals surface area contributed by atoms with E-state index in [9.17, 15) is 0 Å². The van der Waals surface area contributed by atoms with Crippen LogP contribution in [0.4, 0.5) is 0 Å². The van der Waals surface area contributed by atoms with Crippen LogP contribution in [0.2, 0.25) is 0 Å². The molecular formula is C17H25N. The first-order valence-corrected chi connectivity index (χ1v) is 7.22. The lowest BCUT2D eigenvalue weighted by molar-refractivity contribution is 0.192. The fourth-order valence-corrected chi connectivity index (χ4v) is 3.18. The number of rotatable bonds is 4. The van der Waals surface area contributed by atoms with Crippen LogP contribution in [0, 0.1) is 0 Å². The third kappa shape index (κ3) is 2.84. The molecule has 0 N–H and O–H groups in total. The number of hydrogen-bond donors (Lipinski definition) is 0. The Morgan fingerprint density at radius 3 is 2.50 bits per heavy atom. The van der Waals surface area contributed by atoms with Crippen LogP contribution in [0.5, 0.6) is 0 Å². The minimum Gasteiger partial charge on any atom is -0.292 e. The zero-order valence-electron chi connectivity index (χ0n) is 11.9. The van der Waals surface area contributed by atoms with Gasteiger partial charge in [-0.15, -0.1) is 0 Å². The van der Waals surface area contributed by atoms with Crippen LogP contribution in [0.15, 0.2) is 41.5 Å². The summed E-state index contributed by atoms with van der Waals surface area (Å²) < 4.78 is 0. The Kier molecular flexibility index (Phi) is 4.60. The van der Waals surface area contributed by atoms with Gasteiger partial charge in [0.2, 0.25) is 0 Å². The van der Waals surface area contributed by atoms with E-state index in [2.05, 4.69) is 56.0 Å². The Balaban J connectivity index is 2.14. The number of benzene rings is 1. The third-order valence-electron chi connectivity index (χ3n) is 4.16. The minimum absolute atomic E-state index is 0.656. The highest BCUT2D eigenvalue weighted by Crippen LogP contribution is 2.29. The average Bonchev–Trinajstić information content (AvgIpc) is 2.41. The molecule has 98 valence electrons. The molecule has 18 heavy (non-hydrogen) atoms. The summed E-state index contributed by atoms with van der Waals surface area (Å²) in [7, 11) is 0. The molecule has 1 aromatic carbocycles. The molecule has 1 unspecified atom stereocenters. The molecule has 0 spiro atoms. The number of hydrogen-bond acceptors (Lipinski definition) is 1. The topological polar surface area (TPSA) is 3.24 Å². The summed E-state index contributed by atoms with van der Waals surface area (Å²) in [5, 5.41) is 0. The first kappa shape index (κ1) is 13.4. The standard InChI is InChI=1S/C17H25N/c1-4-16-14(3)11-12-18(17(16)5-2)13-15-9-7-6-8-10-15/h6-10,17H,4-5,11-13H2,1-3H3. The van der Waals surface area contributed by atoms with Gasteiger partial charge in [-0.2, -0.15) is 0 Å². The highest BCUT2D eigenvalue weighted by Gasteiger charge is 2.25. The van der Waals surface area contributed by atoms with E-state index >= 15 is 0 Å². The maximum absolute atomic E-state index is 2.65. The van der Waals surface area contributed by atoms with Crippen LogP contribution in [-0.4, -0.2) is 17.5 Å². The fraction of sp³-hybridized carbons (Fsp3) is 0.529. The molecule has 1 heteroatoms. The summed E-state index contributed by atoms with van der Waals surface area (Å²) in [5.41, 5.74) is 4.75. The molecule has 0 saturated carbocycles. The molecule has 0 fully saturated rings. The van der Waals surface area contributed by atoms with Gasteiger partial charge in [-0.3, -0.25) is 4.90 Å². The van der Waals surface area contributed by atoms with Gasteiger partial charge in [0.25, 0.3) is 0 Å². The first-order valence-electron chi connectivity index (χ1n) is 7.22. The first-order chi connectivity index (χ1) is 8.76. The van der Waals surface area contributed by atoms with Crippen molar-refractivity contribution in [3.05, 3.63) is 47.0 Å². The molecule has 0 bridgehead atoms. The Morgan fingerprint density at radius 1 is 1.17 bits per heavy atom. The summed E-state index contributed by atoms with van der Waals surface area (Å²) in [6.07, 6.45) is 3.68. The lowest BCUT2D eigenvalue weighted by Crippen LogP contribution is -2.40. The van der Waals surface area contributed by atoms with E-state index in [-0.39, 0.29) is 0 Å². The lowest BCUT2D eigenvalue weighted by atomic mass is 9.90. The van der Waals surface area contributed by atoms with Crippen LogP contribution in [-0.2, 0) is 6.54 Å². The van der Waals surface area contributed by atoms with Gasteiger partial charge >= 0.3 is 0 Å². The molecule has 0 saturated heterocycles. The molecule has 0 aromatic heterocycles. The number of nitrogens with zero attached hydrogens (tertiary/aromatic N) is 1. The van der Waals surface area contributed by atoms with E-state index < -0.39 is 0 Å². The quantitative estimate of drug-likeness (QED) is 0.709. The van der Waals surface area contributed by atoms with Crippen molar-refractivity contribution in [2.24, 2.45) is 0 Å². The van der Waals surface area contributed by atoms with Crippen LogP contribution in [0.1, 0.15) is 45.6 Å². The summed E-state index contributed by atoms with van der Waals surface area (Å²) >= 11 is 0. The van der Waals surface area contributed by atoms with Gasteiger partial charge in [-0.05, 0) is 31.7 Å². The highest BCUT2D eigenvalue weighted by molar-refractivity contribution is 5.23. The molecular weight excluding hydrogens is 218 g/mol. The normalized spacial score (nSPS) is 21.4. The smallest absolute Gasteiger partial charge is 0.0311 e. The van der Waals surface area contributed by atoms with Crippen LogP contribution in [0.3, 0.4) is 0 Å². The molecule has 2 rings (SSSR count). The Hall–Kier alpha value is -1.08. The van der Waals surface area contributed by atoms with Crippen molar-refractivity contribution in [2.45, 2.75) is 52.6 Å². The summed E-state index contributed by atoms with van der Waals surface area (Å²) in [5.74, 6) is 0. The van der Waals surface area contributed by atoms with Crippen LogP contribution >= 0.6 is 0 Å². The second kappa shape index (κ2) is 6.19. The van der Waals surface area contributed by atoms with Crippen molar-refractivity contribution in [2.75, 3.05) is 6.54 Å². The predicted octanol–water partition coefficient (Wildman–Crippen LogP) is 4.40. The van der Waals surface area contributed by atoms with E-state index in [1.54, 1.807) is 11.1 Å². The molecule has 1 heterocycles. The molecule has 0 radical (unpaired) electrons. The Labute approximate surface area is 112 Å². The van der Waals surface area contributed by atoms with E-state index in [1.807, 2.05) is 0 Å². The molecule has 1 atom stereocenters. The van der Waals surface area contributed by atoms with Crippen LogP contribution < -0.4 is 0 Å². The summed E-state index contributed by atoms with van der Waals surface area (Å²) in [6, 6.07) is 11.5. The molecule has 1 nitrogen and oxygen atoms in total. The fourth-order valence-electron chi connectivity index (χ4n) is 3.18. The zero-order valence-corrected chi connectivity index (χ0v) is 11.9. The maximum atomic E-state index is 2.65. The predicted molar refractivity (Wildman–Crippen MR) is 78.5 cm³/mol.